The Morgan fingerprint density at radius 1 is 0.926 bits per heavy atom. The zero-order valence-electron chi connectivity index (χ0n) is 16.5. The molecule has 1 aromatic carbocycles. The second-order valence-corrected chi connectivity index (χ2v) is 6.58. The van der Waals surface area contributed by atoms with Crippen molar-refractivity contribution in [2.75, 3.05) is 32.5 Å². The number of carbonyl (C=O) groups is 2. The standard InChI is InChI=1S/C21H28N4O2/c1-5-15-9-7-10-16(6-2)19(15)24-21(27)18-12-8-11-17(23-18)20(26)22-13-14-25(3)4/h7-12H,5-6,13-14H2,1-4H3,(H,22,26)(H,24,27). The average Bonchev–Trinajstić information content (AvgIpc) is 2.67. The molecule has 2 aromatic rings. The average molecular weight is 368 g/mol. The van der Waals surface area contributed by atoms with Gasteiger partial charge >= 0.3 is 0 Å². The van der Waals surface area contributed by atoms with Crippen molar-refractivity contribution in [2.45, 2.75) is 26.7 Å². The highest BCUT2D eigenvalue weighted by Gasteiger charge is 2.15. The molecule has 27 heavy (non-hydrogen) atoms. The summed E-state index contributed by atoms with van der Waals surface area (Å²) in [6.07, 6.45) is 1.65. The molecule has 0 radical (unpaired) electrons. The summed E-state index contributed by atoms with van der Waals surface area (Å²) in [6.45, 7) is 5.37. The van der Waals surface area contributed by atoms with E-state index in [0.717, 1.165) is 36.2 Å². The maximum atomic E-state index is 12.7. The Bertz CT molecular complexity index is 780. The molecule has 6 nitrogen and oxygen atoms in total. The van der Waals surface area contributed by atoms with Crippen LogP contribution in [0.5, 0.6) is 0 Å². The van der Waals surface area contributed by atoms with Crippen LogP contribution >= 0.6 is 0 Å². The highest BCUT2D eigenvalue weighted by molar-refractivity contribution is 6.04. The third-order valence-corrected chi connectivity index (χ3v) is 4.30. The third kappa shape index (κ3) is 5.62. The minimum absolute atomic E-state index is 0.225. The molecule has 6 heteroatoms. The molecule has 0 aliphatic heterocycles. The van der Waals surface area contributed by atoms with Crippen LogP contribution in [0.1, 0.15) is 46.0 Å². The summed E-state index contributed by atoms with van der Waals surface area (Å²) in [6, 6.07) is 10.9. The number of likely N-dealkylation sites (N-methyl/N-ethyl adjacent to an activating group) is 1. The number of amides is 2. The fourth-order valence-electron chi connectivity index (χ4n) is 2.75. The fourth-order valence-corrected chi connectivity index (χ4v) is 2.75. The number of nitrogens with zero attached hydrogens (tertiary/aromatic N) is 2. The van der Waals surface area contributed by atoms with Crippen molar-refractivity contribution < 1.29 is 9.59 Å². The molecule has 0 aliphatic carbocycles. The van der Waals surface area contributed by atoms with Gasteiger partial charge in [-0.05, 0) is 50.2 Å². The van der Waals surface area contributed by atoms with Crippen molar-refractivity contribution in [2.24, 2.45) is 0 Å². The minimum atomic E-state index is -0.312. The van der Waals surface area contributed by atoms with Crippen molar-refractivity contribution >= 4 is 17.5 Å². The van der Waals surface area contributed by atoms with Gasteiger partial charge in [-0.15, -0.1) is 0 Å². The van der Waals surface area contributed by atoms with Crippen LogP contribution in [0.15, 0.2) is 36.4 Å². The van der Waals surface area contributed by atoms with Crippen molar-refractivity contribution in [3.8, 4) is 0 Å². The molecule has 0 unspecified atom stereocenters. The van der Waals surface area contributed by atoms with E-state index in [4.69, 9.17) is 0 Å². The Kier molecular flexibility index (Phi) is 7.49. The lowest BCUT2D eigenvalue weighted by atomic mass is 10.0. The number of nitrogens with one attached hydrogen (secondary N) is 2. The van der Waals surface area contributed by atoms with E-state index >= 15 is 0 Å². The molecular weight excluding hydrogens is 340 g/mol. The smallest absolute Gasteiger partial charge is 0.274 e. The molecule has 144 valence electrons. The molecular formula is C21H28N4O2. The van der Waals surface area contributed by atoms with Crippen LogP contribution in [0.2, 0.25) is 0 Å². The highest BCUT2D eigenvalue weighted by Crippen LogP contribution is 2.23. The van der Waals surface area contributed by atoms with Gasteiger partial charge in [-0.2, -0.15) is 0 Å². The third-order valence-electron chi connectivity index (χ3n) is 4.30. The summed E-state index contributed by atoms with van der Waals surface area (Å²) in [7, 11) is 3.88. The van der Waals surface area contributed by atoms with Crippen molar-refractivity contribution in [3.63, 3.8) is 0 Å². The number of hydrogen-bond acceptors (Lipinski definition) is 4. The van der Waals surface area contributed by atoms with Crippen LogP contribution in [0, 0.1) is 0 Å². The van der Waals surface area contributed by atoms with Gasteiger partial charge < -0.3 is 15.5 Å². The van der Waals surface area contributed by atoms with Crippen LogP contribution in [-0.4, -0.2) is 48.9 Å². The Morgan fingerprint density at radius 3 is 2.04 bits per heavy atom. The number of benzene rings is 1. The first-order valence-corrected chi connectivity index (χ1v) is 9.28. The topological polar surface area (TPSA) is 74.3 Å². The predicted octanol–water partition coefficient (Wildman–Crippen LogP) is 2.75. The van der Waals surface area contributed by atoms with Gasteiger partial charge in [0.15, 0.2) is 0 Å². The minimum Gasteiger partial charge on any atom is -0.349 e. The van der Waals surface area contributed by atoms with Gasteiger partial charge in [0, 0.05) is 18.8 Å². The molecule has 0 saturated carbocycles. The van der Waals surface area contributed by atoms with Gasteiger partial charge in [-0.3, -0.25) is 9.59 Å². The predicted molar refractivity (Wildman–Crippen MR) is 108 cm³/mol. The van der Waals surface area contributed by atoms with Crippen molar-refractivity contribution in [1.29, 1.82) is 0 Å². The van der Waals surface area contributed by atoms with Crippen molar-refractivity contribution in [1.82, 2.24) is 15.2 Å². The Balaban J connectivity index is 2.15. The lowest BCUT2D eigenvalue weighted by Gasteiger charge is -2.14. The number of hydrogen-bond donors (Lipinski definition) is 2. The zero-order valence-corrected chi connectivity index (χ0v) is 16.5. The summed E-state index contributed by atoms with van der Waals surface area (Å²) in [5.41, 5.74) is 3.47. The normalized spacial score (nSPS) is 10.7. The highest BCUT2D eigenvalue weighted by atomic mass is 16.2. The molecule has 2 rings (SSSR count). The molecule has 2 amide bonds. The Hall–Kier alpha value is -2.73. The first kappa shape index (κ1) is 20.6. The fraction of sp³-hybridized carbons (Fsp3) is 0.381. The first-order valence-electron chi connectivity index (χ1n) is 9.28. The first-order chi connectivity index (χ1) is 13.0. The summed E-state index contributed by atoms with van der Waals surface area (Å²) in [4.78, 5) is 31.2. The number of aryl methyl sites for hydroxylation is 2. The summed E-state index contributed by atoms with van der Waals surface area (Å²) in [5.74, 6) is -0.594. The second kappa shape index (κ2) is 9.83. The molecule has 0 saturated heterocycles. The van der Waals surface area contributed by atoms with E-state index < -0.39 is 0 Å². The van der Waals surface area contributed by atoms with Crippen LogP contribution in [0.4, 0.5) is 5.69 Å². The van der Waals surface area contributed by atoms with Gasteiger partial charge in [-0.1, -0.05) is 38.1 Å². The second-order valence-electron chi connectivity index (χ2n) is 6.58. The molecule has 1 heterocycles. The van der Waals surface area contributed by atoms with Gasteiger partial charge in [0.25, 0.3) is 11.8 Å². The zero-order chi connectivity index (χ0) is 19.8. The number of rotatable bonds is 8. The van der Waals surface area contributed by atoms with Crippen molar-refractivity contribution in [3.05, 3.63) is 58.9 Å². The lowest BCUT2D eigenvalue weighted by molar-refractivity contribution is 0.0946. The lowest BCUT2D eigenvalue weighted by Crippen LogP contribution is -2.32. The maximum Gasteiger partial charge on any atom is 0.274 e. The van der Waals surface area contributed by atoms with E-state index in [1.165, 1.54) is 0 Å². The van der Waals surface area contributed by atoms with E-state index in [1.807, 2.05) is 37.2 Å². The number of anilines is 1. The summed E-state index contributed by atoms with van der Waals surface area (Å²) in [5, 5.41) is 5.79. The quantitative estimate of drug-likeness (QED) is 0.751. The van der Waals surface area contributed by atoms with E-state index in [-0.39, 0.29) is 23.2 Å². The molecule has 0 bridgehead atoms. The van der Waals surface area contributed by atoms with E-state index in [2.05, 4.69) is 29.5 Å². The molecule has 0 aliphatic rings. The largest absolute Gasteiger partial charge is 0.349 e. The summed E-state index contributed by atoms with van der Waals surface area (Å²) < 4.78 is 0. The Labute approximate surface area is 161 Å². The van der Waals surface area contributed by atoms with Gasteiger partial charge in [0.05, 0.1) is 0 Å². The summed E-state index contributed by atoms with van der Waals surface area (Å²) >= 11 is 0. The molecule has 0 spiro atoms. The monoisotopic (exact) mass is 368 g/mol. The van der Waals surface area contributed by atoms with E-state index in [0.29, 0.717) is 6.54 Å². The molecule has 0 fully saturated rings. The molecule has 0 atom stereocenters. The number of aromatic nitrogens is 1. The number of pyridine rings is 1. The van der Waals surface area contributed by atoms with Crippen LogP contribution < -0.4 is 10.6 Å². The molecule has 1 aromatic heterocycles. The van der Waals surface area contributed by atoms with E-state index in [9.17, 15) is 9.59 Å². The Morgan fingerprint density at radius 2 is 1.48 bits per heavy atom. The SMILES string of the molecule is CCc1cccc(CC)c1NC(=O)c1cccc(C(=O)NCCN(C)C)n1. The number of carbonyl (C=O) groups excluding carboxylic acids is 2. The van der Waals surface area contributed by atoms with E-state index in [1.54, 1.807) is 18.2 Å². The van der Waals surface area contributed by atoms with Crippen LogP contribution in [-0.2, 0) is 12.8 Å². The van der Waals surface area contributed by atoms with Crippen LogP contribution in [0.25, 0.3) is 0 Å². The number of para-hydroxylation sites is 1. The maximum absolute atomic E-state index is 12.7. The van der Waals surface area contributed by atoms with Gasteiger partial charge in [0.2, 0.25) is 0 Å². The molecule has 2 N–H and O–H groups in total. The van der Waals surface area contributed by atoms with Gasteiger partial charge in [0.1, 0.15) is 11.4 Å². The van der Waals surface area contributed by atoms with Gasteiger partial charge in [-0.25, -0.2) is 4.98 Å². The van der Waals surface area contributed by atoms with Crippen LogP contribution in [0.3, 0.4) is 0 Å².